The maximum atomic E-state index is 12.7. The van der Waals surface area contributed by atoms with Gasteiger partial charge in [0.15, 0.2) is 0 Å². The van der Waals surface area contributed by atoms with E-state index in [1.165, 1.54) is 12.8 Å². The zero-order valence-electron chi connectivity index (χ0n) is 14.3. The predicted octanol–water partition coefficient (Wildman–Crippen LogP) is 1.45. The standard InChI is InChI=1S/C19H24N4O2/c24-18(13-20-12-14-5-6-14)22-7-9-23(10-8-22)19(25)17-11-15-3-1-2-4-16(15)21-17/h1-4,11,14,20-21H,5-10,12-13H2. The number of piperazine rings is 1. The molecule has 6 heteroatoms. The third-order valence-electron chi connectivity index (χ3n) is 5.09. The molecule has 2 aromatic rings. The molecule has 132 valence electrons. The molecule has 1 saturated carbocycles. The molecule has 0 bridgehead atoms. The Hall–Kier alpha value is -2.34. The van der Waals surface area contributed by atoms with E-state index in [0.717, 1.165) is 23.4 Å². The number of benzene rings is 1. The van der Waals surface area contributed by atoms with E-state index in [1.54, 1.807) is 0 Å². The Bertz CT molecular complexity index is 740. The molecule has 4 rings (SSSR count). The molecule has 1 saturated heterocycles. The van der Waals surface area contributed by atoms with Crippen molar-refractivity contribution in [2.45, 2.75) is 12.8 Å². The highest BCUT2D eigenvalue weighted by atomic mass is 16.2. The van der Waals surface area contributed by atoms with E-state index in [0.29, 0.717) is 38.4 Å². The van der Waals surface area contributed by atoms with Gasteiger partial charge in [0, 0.05) is 37.1 Å². The SMILES string of the molecule is O=C(CNCC1CC1)N1CCN(C(=O)c2cc3ccccc3[nH]2)CC1. The van der Waals surface area contributed by atoms with Crippen LogP contribution in [0.3, 0.4) is 0 Å². The second-order valence-electron chi connectivity index (χ2n) is 7.02. The van der Waals surface area contributed by atoms with Gasteiger partial charge >= 0.3 is 0 Å². The highest BCUT2D eigenvalue weighted by Crippen LogP contribution is 2.27. The molecule has 0 atom stereocenters. The van der Waals surface area contributed by atoms with E-state index < -0.39 is 0 Å². The lowest BCUT2D eigenvalue weighted by Gasteiger charge is -2.34. The van der Waals surface area contributed by atoms with Crippen molar-refractivity contribution in [2.75, 3.05) is 39.3 Å². The highest BCUT2D eigenvalue weighted by molar-refractivity contribution is 5.98. The summed E-state index contributed by atoms with van der Waals surface area (Å²) in [6.07, 6.45) is 2.57. The van der Waals surface area contributed by atoms with E-state index in [1.807, 2.05) is 40.1 Å². The molecular weight excluding hydrogens is 316 g/mol. The average Bonchev–Trinajstić information content (AvgIpc) is 3.36. The van der Waals surface area contributed by atoms with Gasteiger partial charge in [0.2, 0.25) is 5.91 Å². The van der Waals surface area contributed by atoms with E-state index in [2.05, 4.69) is 10.3 Å². The zero-order valence-corrected chi connectivity index (χ0v) is 14.3. The van der Waals surface area contributed by atoms with Crippen LogP contribution < -0.4 is 5.32 Å². The zero-order chi connectivity index (χ0) is 17.2. The number of carbonyl (C=O) groups is 2. The summed E-state index contributed by atoms with van der Waals surface area (Å²) in [5.41, 5.74) is 1.59. The van der Waals surface area contributed by atoms with Crippen LogP contribution in [-0.4, -0.2) is 65.9 Å². The lowest BCUT2D eigenvalue weighted by Crippen LogP contribution is -2.52. The summed E-state index contributed by atoms with van der Waals surface area (Å²) in [7, 11) is 0. The molecule has 2 aliphatic rings. The third-order valence-corrected chi connectivity index (χ3v) is 5.09. The number of H-pyrrole nitrogens is 1. The second-order valence-corrected chi connectivity index (χ2v) is 7.02. The minimum atomic E-state index is 0.00940. The minimum Gasteiger partial charge on any atom is -0.351 e. The van der Waals surface area contributed by atoms with Crippen molar-refractivity contribution in [2.24, 2.45) is 5.92 Å². The second kappa shape index (κ2) is 6.88. The van der Waals surface area contributed by atoms with Crippen molar-refractivity contribution >= 4 is 22.7 Å². The normalized spacial score (nSPS) is 17.9. The topological polar surface area (TPSA) is 68.4 Å². The molecule has 6 nitrogen and oxygen atoms in total. The lowest BCUT2D eigenvalue weighted by atomic mass is 10.2. The maximum absolute atomic E-state index is 12.7. The molecule has 1 aromatic carbocycles. The monoisotopic (exact) mass is 340 g/mol. The molecule has 1 aliphatic heterocycles. The van der Waals surface area contributed by atoms with Gasteiger partial charge in [0.05, 0.1) is 6.54 Å². The summed E-state index contributed by atoms with van der Waals surface area (Å²) in [6.45, 7) is 3.74. The molecule has 2 N–H and O–H groups in total. The number of nitrogens with one attached hydrogen (secondary N) is 2. The Labute approximate surface area is 147 Å². The summed E-state index contributed by atoms with van der Waals surface area (Å²) < 4.78 is 0. The molecule has 2 heterocycles. The number of para-hydroxylation sites is 1. The van der Waals surface area contributed by atoms with Crippen LogP contribution in [0.1, 0.15) is 23.3 Å². The van der Waals surface area contributed by atoms with Crippen LogP contribution in [0.2, 0.25) is 0 Å². The van der Waals surface area contributed by atoms with Gasteiger partial charge in [0.25, 0.3) is 5.91 Å². The van der Waals surface area contributed by atoms with Crippen LogP contribution in [0.5, 0.6) is 0 Å². The predicted molar refractivity (Wildman–Crippen MR) is 96.4 cm³/mol. The fourth-order valence-electron chi connectivity index (χ4n) is 3.33. The number of nitrogens with zero attached hydrogens (tertiary/aromatic N) is 2. The minimum absolute atomic E-state index is 0.00940. The Morgan fingerprint density at radius 3 is 2.52 bits per heavy atom. The van der Waals surface area contributed by atoms with Gasteiger partial charge in [-0.05, 0) is 37.4 Å². The largest absolute Gasteiger partial charge is 0.351 e. The maximum Gasteiger partial charge on any atom is 0.270 e. The van der Waals surface area contributed by atoms with Gasteiger partial charge in [-0.1, -0.05) is 18.2 Å². The molecule has 0 spiro atoms. The average molecular weight is 340 g/mol. The van der Waals surface area contributed by atoms with Crippen molar-refractivity contribution in [3.8, 4) is 0 Å². The Morgan fingerprint density at radius 1 is 1.08 bits per heavy atom. The number of hydrogen-bond donors (Lipinski definition) is 2. The van der Waals surface area contributed by atoms with Crippen molar-refractivity contribution in [1.82, 2.24) is 20.1 Å². The van der Waals surface area contributed by atoms with E-state index in [9.17, 15) is 9.59 Å². The molecule has 25 heavy (non-hydrogen) atoms. The number of fused-ring (bicyclic) bond motifs is 1. The van der Waals surface area contributed by atoms with Gasteiger partial charge < -0.3 is 20.1 Å². The summed E-state index contributed by atoms with van der Waals surface area (Å²) in [5.74, 6) is 0.923. The number of amides is 2. The van der Waals surface area contributed by atoms with Crippen LogP contribution in [-0.2, 0) is 4.79 Å². The van der Waals surface area contributed by atoms with Gasteiger partial charge in [0.1, 0.15) is 5.69 Å². The summed E-state index contributed by atoms with van der Waals surface area (Å²) in [5, 5.41) is 4.29. The third kappa shape index (κ3) is 3.69. The first-order chi connectivity index (χ1) is 12.2. The first-order valence-corrected chi connectivity index (χ1v) is 9.06. The smallest absolute Gasteiger partial charge is 0.270 e. The molecular formula is C19H24N4O2. The first kappa shape index (κ1) is 16.1. The molecule has 1 aromatic heterocycles. The Morgan fingerprint density at radius 2 is 1.80 bits per heavy atom. The van der Waals surface area contributed by atoms with Crippen LogP contribution in [0.25, 0.3) is 10.9 Å². The molecule has 1 aliphatic carbocycles. The van der Waals surface area contributed by atoms with Crippen molar-refractivity contribution in [3.63, 3.8) is 0 Å². The first-order valence-electron chi connectivity index (χ1n) is 9.06. The number of rotatable bonds is 5. The molecule has 0 unspecified atom stereocenters. The van der Waals surface area contributed by atoms with Crippen LogP contribution >= 0.6 is 0 Å². The van der Waals surface area contributed by atoms with E-state index in [4.69, 9.17) is 0 Å². The Balaban J connectivity index is 1.30. The number of hydrogen-bond acceptors (Lipinski definition) is 3. The highest BCUT2D eigenvalue weighted by Gasteiger charge is 2.26. The molecule has 2 amide bonds. The fourth-order valence-corrected chi connectivity index (χ4v) is 3.33. The van der Waals surface area contributed by atoms with Crippen LogP contribution in [0.4, 0.5) is 0 Å². The summed E-state index contributed by atoms with van der Waals surface area (Å²) in [4.78, 5) is 31.8. The van der Waals surface area contributed by atoms with Gasteiger partial charge in [-0.15, -0.1) is 0 Å². The lowest BCUT2D eigenvalue weighted by molar-refractivity contribution is -0.131. The van der Waals surface area contributed by atoms with Gasteiger partial charge in [-0.2, -0.15) is 0 Å². The molecule has 0 radical (unpaired) electrons. The fraction of sp³-hybridized carbons (Fsp3) is 0.474. The number of aromatic amines is 1. The van der Waals surface area contributed by atoms with E-state index >= 15 is 0 Å². The quantitative estimate of drug-likeness (QED) is 0.866. The van der Waals surface area contributed by atoms with E-state index in [-0.39, 0.29) is 11.8 Å². The van der Waals surface area contributed by atoms with Crippen molar-refractivity contribution in [3.05, 3.63) is 36.0 Å². The summed E-state index contributed by atoms with van der Waals surface area (Å²) >= 11 is 0. The van der Waals surface area contributed by atoms with Crippen molar-refractivity contribution in [1.29, 1.82) is 0 Å². The van der Waals surface area contributed by atoms with Gasteiger partial charge in [-0.25, -0.2) is 0 Å². The Kier molecular flexibility index (Phi) is 4.44. The van der Waals surface area contributed by atoms with Crippen molar-refractivity contribution < 1.29 is 9.59 Å². The van der Waals surface area contributed by atoms with Crippen LogP contribution in [0.15, 0.2) is 30.3 Å². The summed E-state index contributed by atoms with van der Waals surface area (Å²) in [6, 6.07) is 9.78. The number of aromatic nitrogens is 1. The van der Waals surface area contributed by atoms with Gasteiger partial charge in [-0.3, -0.25) is 9.59 Å². The van der Waals surface area contributed by atoms with Crippen LogP contribution in [0, 0.1) is 5.92 Å². The number of carbonyl (C=O) groups excluding carboxylic acids is 2. The molecule has 2 fully saturated rings.